The number of likely N-dealkylation sites (tertiary alicyclic amines) is 1. The van der Waals surface area contributed by atoms with Crippen molar-refractivity contribution in [3.8, 4) is 5.75 Å². The van der Waals surface area contributed by atoms with E-state index in [0.29, 0.717) is 12.5 Å². The van der Waals surface area contributed by atoms with Crippen LogP contribution in [0, 0.1) is 5.92 Å². The van der Waals surface area contributed by atoms with E-state index in [9.17, 15) is 9.59 Å². The van der Waals surface area contributed by atoms with Crippen LogP contribution >= 0.6 is 15.9 Å². The fourth-order valence-corrected chi connectivity index (χ4v) is 5.34. The standard InChI is InChI=1S/C23H30BrN3O3/c1-30-20-7-8-21(24)17(12-20)11-16-9-10-26(14-16)15-18-13-22(28)27(23(29)25-18)19-5-3-2-4-6-19/h7-8,12-13,16,19H,2-6,9-11,14-15H2,1H3,(H,25,29). The van der Waals surface area contributed by atoms with Gasteiger partial charge in [-0.1, -0.05) is 35.2 Å². The van der Waals surface area contributed by atoms with Gasteiger partial charge < -0.3 is 9.72 Å². The van der Waals surface area contributed by atoms with Gasteiger partial charge >= 0.3 is 5.69 Å². The van der Waals surface area contributed by atoms with Gasteiger partial charge in [-0.25, -0.2) is 4.79 Å². The van der Waals surface area contributed by atoms with Crippen LogP contribution in [-0.4, -0.2) is 34.7 Å². The van der Waals surface area contributed by atoms with Gasteiger partial charge in [0.25, 0.3) is 5.56 Å². The fourth-order valence-electron chi connectivity index (χ4n) is 4.93. The Kier molecular flexibility index (Phi) is 6.78. The average Bonchev–Trinajstić information content (AvgIpc) is 3.16. The molecule has 1 saturated heterocycles. The molecule has 4 rings (SSSR count). The van der Waals surface area contributed by atoms with Crippen molar-refractivity contribution in [2.45, 2.75) is 57.5 Å². The summed E-state index contributed by atoms with van der Waals surface area (Å²) < 4.78 is 7.90. The zero-order chi connectivity index (χ0) is 21.1. The van der Waals surface area contributed by atoms with Gasteiger partial charge in [-0.05, 0) is 61.9 Å². The molecule has 1 aromatic carbocycles. The maximum Gasteiger partial charge on any atom is 0.328 e. The highest BCUT2D eigenvalue weighted by Gasteiger charge is 2.25. The molecule has 2 aliphatic rings. The maximum absolute atomic E-state index is 12.6. The first-order valence-corrected chi connectivity index (χ1v) is 11.7. The molecule has 0 amide bonds. The number of aromatic nitrogens is 2. The number of hydrogen-bond acceptors (Lipinski definition) is 4. The molecule has 1 N–H and O–H groups in total. The summed E-state index contributed by atoms with van der Waals surface area (Å²) in [5, 5.41) is 0. The molecule has 2 aromatic rings. The van der Waals surface area contributed by atoms with Crippen LogP contribution in [-0.2, 0) is 13.0 Å². The number of rotatable bonds is 6. The van der Waals surface area contributed by atoms with E-state index in [-0.39, 0.29) is 17.3 Å². The summed E-state index contributed by atoms with van der Waals surface area (Å²) in [4.78, 5) is 30.6. The summed E-state index contributed by atoms with van der Waals surface area (Å²) in [5.74, 6) is 1.42. The molecule has 30 heavy (non-hydrogen) atoms. The summed E-state index contributed by atoms with van der Waals surface area (Å²) in [6, 6.07) is 7.77. The van der Waals surface area contributed by atoms with E-state index >= 15 is 0 Å². The zero-order valence-corrected chi connectivity index (χ0v) is 19.1. The van der Waals surface area contributed by atoms with Crippen molar-refractivity contribution in [3.05, 3.63) is 60.8 Å². The van der Waals surface area contributed by atoms with E-state index < -0.39 is 0 Å². The Bertz CT molecular complexity index is 963. The van der Waals surface area contributed by atoms with Gasteiger partial charge in [0.2, 0.25) is 0 Å². The molecule has 6 nitrogen and oxygen atoms in total. The highest BCUT2D eigenvalue weighted by molar-refractivity contribution is 9.10. The van der Waals surface area contributed by atoms with E-state index in [0.717, 1.165) is 67.5 Å². The second kappa shape index (κ2) is 9.52. The Morgan fingerprint density at radius 3 is 2.67 bits per heavy atom. The van der Waals surface area contributed by atoms with Crippen molar-refractivity contribution < 1.29 is 4.74 Å². The molecule has 1 aromatic heterocycles. The topological polar surface area (TPSA) is 67.3 Å². The van der Waals surface area contributed by atoms with Gasteiger partial charge in [0.1, 0.15) is 5.75 Å². The molecule has 162 valence electrons. The maximum atomic E-state index is 12.6. The number of nitrogens with zero attached hydrogens (tertiary/aromatic N) is 2. The van der Waals surface area contributed by atoms with Crippen molar-refractivity contribution in [1.82, 2.24) is 14.5 Å². The third kappa shape index (κ3) is 4.89. The van der Waals surface area contributed by atoms with Crippen molar-refractivity contribution >= 4 is 15.9 Å². The predicted molar refractivity (Wildman–Crippen MR) is 121 cm³/mol. The second-order valence-corrected chi connectivity index (χ2v) is 9.51. The smallest absolute Gasteiger partial charge is 0.328 e. The van der Waals surface area contributed by atoms with E-state index in [1.54, 1.807) is 13.2 Å². The summed E-state index contributed by atoms with van der Waals surface area (Å²) in [5.41, 5.74) is 1.57. The molecule has 2 fully saturated rings. The largest absolute Gasteiger partial charge is 0.497 e. The van der Waals surface area contributed by atoms with Gasteiger partial charge in [-0.15, -0.1) is 0 Å². The number of halogens is 1. The van der Waals surface area contributed by atoms with E-state index in [1.165, 1.54) is 16.6 Å². The Labute approximate surface area is 185 Å². The molecule has 1 aliphatic carbocycles. The van der Waals surface area contributed by atoms with Crippen LogP contribution in [0.4, 0.5) is 0 Å². The van der Waals surface area contributed by atoms with Crippen LogP contribution in [0.3, 0.4) is 0 Å². The van der Waals surface area contributed by atoms with Crippen LogP contribution in [0.2, 0.25) is 0 Å². The van der Waals surface area contributed by atoms with Gasteiger partial charge in [-0.3, -0.25) is 14.3 Å². The molecule has 2 heterocycles. The number of ether oxygens (including phenoxy) is 1. The lowest BCUT2D eigenvalue weighted by Crippen LogP contribution is -2.39. The molecule has 0 bridgehead atoms. The van der Waals surface area contributed by atoms with Crippen LogP contribution in [0.25, 0.3) is 0 Å². The molecule has 1 unspecified atom stereocenters. The highest BCUT2D eigenvalue weighted by atomic mass is 79.9. The van der Waals surface area contributed by atoms with Gasteiger partial charge in [0.05, 0.1) is 7.11 Å². The fraction of sp³-hybridized carbons (Fsp3) is 0.565. The lowest BCUT2D eigenvalue weighted by Gasteiger charge is -2.23. The Morgan fingerprint density at radius 2 is 1.93 bits per heavy atom. The van der Waals surface area contributed by atoms with Crippen LogP contribution < -0.4 is 16.0 Å². The van der Waals surface area contributed by atoms with Gasteiger partial charge in [0, 0.05) is 35.4 Å². The van der Waals surface area contributed by atoms with E-state index in [4.69, 9.17) is 4.74 Å². The molecule has 1 aliphatic heterocycles. The average molecular weight is 476 g/mol. The molecule has 1 saturated carbocycles. The number of methoxy groups -OCH3 is 1. The Hall–Kier alpha value is -1.86. The molecule has 0 radical (unpaired) electrons. The van der Waals surface area contributed by atoms with Crippen molar-refractivity contribution in [2.75, 3.05) is 20.2 Å². The zero-order valence-electron chi connectivity index (χ0n) is 17.5. The quantitative estimate of drug-likeness (QED) is 0.688. The van der Waals surface area contributed by atoms with E-state index in [1.807, 2.05) is 12.1 Å². The minimum absolute atomic E-state index is 0.0570. The lowest BCUT2D eigenvalue weighted by molar-refractivity contribution is 0.307. The van der Waals surface area contributed by atoms with E-state index in [2.05, 4.69) is 31.9 Å². The predicted octanol–water partition coefficient (Wildman–Crippen LogP) is 3.88. The first-order valence-electron chi connectivity index (χ1n) is 10.9. The molecule has 7 heteroatoms. The number of nitrogens with one attached hydrogen (secondary N) is 1. The number of aromatic amines is 1. The number of hydrogen-bond donors (Lipinski definition) is 1. The molecule has 1 atom stereocenters. The minimum Gasteiger partial charge on any atom is -0.497 e. The summed E-state index contributed by atoms with van der Waals surface area (Å²) in [7, 11) is 1.69. The van der Waals surface area contributed by atoms with Crippen molar-refractivity contribution in [2.24, 2.45) is 5.92 Å². The van der Waals surface area contributed by atoms with Crippen LogP contribution in [0.15, 0.2) is 38.3 Å². The monoisotopic (exact) mass is 475 g/mol. The SMILES string of the molecule is COc1ccc(Br)c(CC2CCN(Cc3cc(=O)n(C4CCCCC4)c(=O)[nH]3)C2)c1. The first kappa shape index (κ1) is 21.4. The summed E-state index contributed by atoms with van der Waals surface area (Å²) >= 11 is 3.65. The van der Waals surface area contributed by atoms with Crippen LogP contribution in [0.1, 0.15) is 55.8 Å². The molecule has 0 spiro atoms. The first-order chi connectivity index (χ1) is 14.5. The third-order valence-corrected chi connectivity index (χ3v) is 7.26. The van der Waals surface area contributed by atoms with Gasteiger partial charge in [0.15, 0.2) is 0 Å². The van der Waals surface area contributed by atoms with Crippen LogP contribution in [0.5, 0.6) is 5.75 Å². The van der Waals surface area contributed by atoms with Gasteiger partial charge in [-0.2, -0.15) is 0 Å². The third-order valence-electron chi connectivity index (χ3n) is 6.49. The number of benzene rings is 1. The molecular formula is C23H30BrN3O3. The normalized spacial score (nSPS) is 20.5. The lowest BCUT2D eigenvalue weighted by atomic mass is 9.95. The molecular weight excluding hydrogens is 446 g/mol. The Balaban J connectivity index is 1.40. The Morgan fingerprint density at radius 1 is 1.13 bits per heavy atom. The number of H-pyrrole nitrogens is 1. The second-order valence-electron chi connectivity index (χ2n) is 8.65. The summed E-state index contributed by atoms with van der Waals surface area (Å²) in [6.45, 7) is 2.54. The minimum atomic E-state index is -0.250. The summed E-state index contributed by atoms with van der Waals surface area (Å²) in [6.07, 6.45) is 7.32. The van der Waals surface area contributed by atoms with Crippen molar-refractivity contribution in [3.63, 3.8) is 0 Å². The van der Waals surface area contributed by atoms with Crippen molar-refractivity contribution in [1.29, 1.82) is 0 Å². The highest BCUT2D eigenvalue weighted by Crippen LogP contribution is 2.29.